The van der Waals surface area contributed by atoms with E-state index in [9.17, 15) is 13.6 Å². The predicted molar refractivity (Wildman–Crippen MR) is 84.2 cm³/mol. The van der Waals surface area contributed by atoms with Crippen LogP contribution in [0.1, 0.15) is 18.4 Å². The molecule has 3 rings (SSSR count). The second kappa shape index (κ2) is 7.34. The summed E-state index contributed by atoms with van der Waals surface area (Å²) in [6, 6.07) is 6.54. The van der Waals surface area contributed by atoms with Gasteiger partial charge in [0.1, 0.15) is 5.75 Å². The van der Waals surface area contributed by atoms with Gasteiger partial charge in [-0.2, -0.15) is 8.78 Å². The quantitative estimate of drug-likeness (QED) is 0.897. The highest BCUT2D eigenvalue weighted by atomic mass is 19.3. The fourth-order valence-electron chi connectivity index (χ4n) is 3.42. The zero-order valence-corrected chi connectivity index (χ0v) is 13.5. The summed E-state index contributed by atoms with van der Waals surface area (Å²) in [7, 11) is 0. The Balaban J connectivity index is 1.47. The highest BCUT2D eigenvalue weighted by molar-refractivity contribution is 5.74. The van der Waals surface area contributed by atoms with Gasteiger partial charge < -0.3 is 19.7 Å². The number of hydrogen-bond donors (Lipinski definition) is 1. The standard InChI is InChI=1S/C17H22F2N2O3/c18-15(19)24-14-4-2-1-3-13(14)5-8-20-16(22)21-9-6-17(11-21)7-10-23-12-17/h1-4,15H,5-12H2,(H,20,22)/t17-/m0/s1. The van der Waals surface area contributed by atoms with Crippen LogP contribution in [0.4, 0.5) is 13.6 Å². The molecular formula is C17H22F2N2O3. The molecule has 132 valence electrons. The Bertz CT molecular complexity index is 577. The van der Waals surface area contributed by atoms with E-state index >= 15 is 0 Å². The number of alkyl halides is 2. The molecule has 0 aromatic heterocycles. The summed E-state index contributed by atoms with van der Waals surface area (Å²) in [4.78, 5) is 14.1. The molecule has 2 heterocycles. The van der Waals surface area contributed by atoms with Gasteiger partial charge in [-0.05, 0) is 30.9 Å². The molecule has 7 heteroatoms. The molecule has 0 aliphatic carbocycles. The maximum absolute atomic E-state index is 12.4. The average Bonchev–Trinajstić information content (AvgIpc) is 3.19. The molecule has 2 aliphatic heterocycles. The minimum absolute atomic E-state index is 0.106. The summed E-state index contributed by atoms with van der Waals surface area (Å²) in [5, 5.41) is 2.86. The molecule has 1 atom stereocenters. The van der Waals surface area contributed by atoms with Crippen LogP contribution in [0.25, 0.3) is 0 Å². The van der Waals surface area contributed by atoms with Crippen molar-refractivity contribution in [3.63, 3.8) is 0 Å². The van der Waals surface area contributed by atoms with Crippen LogP contribution in [0, 0.1) is 5.41 Å². The van der Waals surface area contributed by atoms with Crippen LogP contribution in [-0.2, 0) is 11.2 Å². The number of hydrogen-bond acceptors (Lipinski definition) is 3. The lowest BCUT2D eigenvalue weighted by Crippen LogP contribution is -2.40. The molecule has 1 aromatic rings. The normalized spacial score (nSPS) is 23.2. The Hall–Kier alpha value is -1.89. The lowest BCUT2D eigenvalue weighted by atomic mass is 9.87. The third-order valence-corrected chi connectivity index (χ3v) is 4.77. The van der Waals surface area contributed by atoms with Crippen LogP contribution < -0.4 is 10.1 Å². The van der Waals surface area contributed by atoms with E-state index in [1.165, 1.54) is 6.07 Å². The zero-order chi connectivity index (χ0) is 17.0. The number of amides is 2. The Morgan fingerprint density at radius 1 is 1.38 bits per heavy atom. The van der Waals surface area contributed by atoms with Crippen LogP contribution in [0.5, 0.6) is 5.75 Å². The maximum Gasteiger partial charge on any atom is 0.387 e. The summed E-state index contributed by atoms with van der Waals surface area (Å²) in [6.07, 6.45) is 2.43. The number of nitrogens with zero attached hydrogens (tertiary/aromatic N) is 1. The number of benzene rings is 1. The van der Waals surface area contributed by atoms with Crippen molar-refractivity contribution in [3.05, 3.63) is 29.8 Å². The predicted octanol–water partition coefficient (Wildman–Crippen LogP) is 2.65. The van der Waals surface area contributed by atoms with E-state index in [-0.39, 0.29) is 17.2 Å². The van der Waals surface area contributed by atoms with E-state index in [2.05, 4.69) is 10.1 Å². The van der Waals surface area contributed by atoms with Crippen LogP contribution in [0.3, 0.4) is 0 Å². The highest BCUT2D eigenvalue weighted by Gasteiger charge is 2.42. The van der Waals surface area contributed by atoms with Crippen molar-refractivity contribution in [2.24, 2.45) is 5.41 Å². The number of halogens is 2. The van der Waals surface area contributed by atoms with E-state index in [0.29, 0.717) is 18.5 Å². The summed E-state index contributed by atoms with van der Waals surface area (Å²) in [6.45, 7) is 0.494. The first-order valence-corrected chi connectivity index (χ1v) is 8.21. The molecule has 1 N–H and O–H groups in total. The van der Waals surface area contributed by atoms with Crippen molar-refractivity contribution in [2.75, 3.05) is 32.8 Å². The molecule has 24 heavy (non-hydrogen) atoms. The summed E-state index contributed by atoms with van der Waals surface area (Å²) < 4.78 is 34.7. The van der Waals surface area contributed by atoms with Crippen LogP contribution in [-0.4, -0.2) is 50.4 Å². The number of para-hydroxylation sites is 1. The SMILES string of the molecule is O=C(NCCc1ccccc1OC(F)F)N1CC[C@]2(CCOC2)C1. The molecule has 5 nitrogen and oxygen atoms in total. The summed E-state index contributed by atoms with van der Waals surface area (Å²) >= 11 is 0. The molecule has 0 bridgehead atoms. The molecular weight excluding hydrogens is 318 g/mol. The minimum Gasteiger partial charge on any atom is -0.435 e. The van der Waals surface area contributed by atoms with Crippen LogP contribution in [0.2, 0.25) is 0 Å². The Morgan fingerprint density at radius 2 is 2.21 bits per heavy atom. The van der Waals surface area contributed by atoms with Crippen molar-refractivity contribution in [2.45, 2.75) is 25.9 Å². The molecule has 2 fully saturated rings. The Labute approximate surface area is 139 Å². The lowest BCUT2D eigenvalue weighted by Gasteiger charge is -2.22. The second-order valence-electron chi connectivity index (χ2n) is 6.44. The first-order valence-electron chi connectivity index (χ1n) is 8.21. The minimum atomic E-state index is -2.85. The van der Waals surface area contributed by atoms with Crippen molar-refractivity contribution in [1.29, 1.82) is 0 Å². The molecule has 2 saturated heterocycles. The van der Waals surface area contributed by atoms with Crippen molar-refractivity contribution in [1.82, 2.24) is 10.2 Å². The first kappa shape index (κ1) is 17.0. The van der Waals surface area contributed by atoms with Gasteiger partial charge in [-0.3, -0.25) is 0 Å². The van der Waals surface area contributed by atoms with E-state index in [0.717, 1.165) is 39.1 Å². The molecule has 2 amide bonds. The highest BCUT2D eigenvalue weighted by Crippen LogP contribution is 2.38. The molecule has 0 unspecified atom stereocenters. The number of carbonyl (C=O) groups is 1. The lowest BCUT2D eigenvalue weighted by molar-refractivity contribution is -0.0504. The fraction of sp³-hybridized carbons (Fsp3) is 0.588. The maximum atomic E-state index is 12.4. The summed E-state index contributed by atoms with van der Waals surface area (Å²) in [5.41, 5.74) is 0.787. The van der Waals surface area contributed by atoms with Gasteiger partial charge in [-0.15, -0.1) is 0 Å². The molecule has 0 saturated carbocycles. The largest absolute Gasteiger partial charge is 0.435 e. The average molecular weight is 340 g/mol. The topological polar surface area (TPSA) is 50.8 Å². The Morgan fingerprint density at radius 3 is 2.96 bits per heavy atom. The molecule has 2 aliphatic rings. The monoisotopic (exact) mass is 340 g/mol. The van der Waals surface area contributed by atoms with Crippen molar-refractivity contribution in [3.8, 4) is 5.75 Å². The summed E-state index contributed by atoms with van der Waals surface area (Å²) in [5.74, 6) is 0.157. The van der Waals surface area contributed by atoms with Gasteiger partial charge in [0.05, 0.1) is 6.61 Å². The van der Waals surface area contributed by atoms with E-state index in [1.54, 1.807) is 18.2 Å². The zero-order valence-electron chi connectivity index (χ0n) is 13.5. The number of rotatable bonds is 5. The van der Waals surface area contributed by atoms with Gasteiger partial charge in [0.15, 0.2) is 0 Å². The number of urea groups is 1. The smallest absolute Gasteiger partial charge is 0.387 e. The third-order valence-electron chi connectivity index (χ3n) is 4.77. The van der Waals surface area contributed by atoms with Gasteiger partial charge in [0, 0.05) is 31.7 Å². The van der Waals surface area contributed by atoms with Gasteiger partial charge >= 0.3 is 12.6 Å². The van der Waals surface area contributed by atoms with Crippen molar-refractivity contribution < 1.29 is 23.0 Å². The molecule has 1 aromatic carbocycles. The molecule has 0 radical (unpaired) electrons. The molecule has 1 spiro atoms. The number of likely N-dealkylation sites (tertiary alicyclic amines) is 1. The first-order chi connectivity index (χ1) is 11.6. The van der Waals surface area contributed by atoms with Crippen LogP contribution in [0.15, 0.2) is 24.3 Å². The Kier molecular flexibility index (Phi) is 5.18. The van der Waals surface area contributed by atoms with Crippen LogP contribution >= 0.6 is 0 Å². The number of ether oxygens (including phenoxy) is 2. The van der Waals surface area contributed by atoms with Gasteiger partial charge in [-0.25, -0.2) is 4.79 Å². The number of carbonyl (C=O) groups excluding carboxylic acids is 1. The number of nitrogens with one attached hydrogen (secondary N) is 1. The van der Waals surface area contributed by atoms with E-state index in [4.69, 9.17) is 4.74 Å². The van der Waals surface area contributed by atoms with Gasteiger partial charge in [0.2, 0.25) is 0 Å². The fourth-order valence-corrected chi connectivity index (χ4v) is 3.42. The third kappa shape index (κ3) is 3.95. The van der Waals surface area contributed by atoms with Gasteiger partial charge in [-0.1, -0.05) is 18.2 Å². The van der Waals surface area contributed by atoms with Gasteiger partial charge in [0.25, 0.3) is 0 Å². The van der Waals surface area contributed by atoms with E-state index < -0.39 is 6.61 Å². The van der Waals surface area contributed by atoms with E-state index in [1.807, 2.05) is 4.90 Å². The van der Waals surface area contributed by atoms with Crippen molar-refractivity contribution >= 4 is 6.03 Å². The second-order valence-corrected chi connectivity index (χ2v) is 6.44.